The van der Waals surface area contributed by atoms with E-state index in [1.807, 2.05) is 24.3 Å². The fourth-order valence-corrected chi connectivity index (χ4v) is 1.11. The number of aliphatic imine (C=N–C) groups is 1. The maximum absolute atomic E-state index is 5.42. The molecule has 0 amide bonds. The van der Waals surface area contributed by atoms with Crippen LogP contribution in [0.2, 0.25) is 0 Å². The van der Waals surface area contributed by atoms with Crippen molar-refractivity contribution in [3.63, 3.8) is 0 Å². The number of hydrogen-bond donors (Lipinski definition) is 1. The van der Waals surface area contributed by atoms with Crippen molar-refractivity contribution >= 4 is 39.9 Å². The third-order valence-electron chi connectivity index (χ3n) is 1.15. The number of rotatable bonds is 1. The number of benzene rings is 1. The molecule has 0 heterocycles. The van der Waals surface area contributed by atoms with Crippen molar-refractivity contribution in [2.45, 2.75) is 6.92 Å². The molecule has 12 heavy (non-hydrogen) atoms. The van der Waals surface area contributed by atoms with E-state index in [2.05, 4.69) is 20.9 Å². The fourth-order valence-electron chi connectivity index (χ4n) is 0.732. The number of para-hydroxylation sites is 1. The second-order valence-electron chi connectivity index (χ2n) is 2.20. The number of amidine groups is 1. The van der Waals surface area contributed by atoms with Crippen LogP contribution in [0.1, 0.15) is 6.92 Å². The van der Waals surface area contributed by atoms with Crippen molar-refractivity contribution in [3.05, 3.63) is 28.7 Å². The summed E-state index contributed by atoms with van der Waals surface area (Å²) in [7, 11) is 0. The van der Waals surface area contributed by atoms with Gasteiger partial charge >= 0.3 is 0 Å². The molecule has 0 aromatic heterocycles. The van der Waals surface area contributed by atoms with Gasteiger partial charge in [-0.15, -0.1) is 12.4 Å². The predicted octanol–water partition coefficient (Wildman–Crippen LogP) is 2.88. The first-order valence-corrected chi connectivity index (χ1v) is 4.05. The summed E-state index contributed by atoms with van der Waals surface area (Å²) in [4.78, 5) is 4.11. The molecule has 0 aliphatic carbocycles. The van der Waals surface area contributed by atoms with Crippen LogP contribution in [0.15, 0.2) is 33.7 Å². The lowest BCUT2D eigenvalue weighted by molar-refractivity contribution is 1.43. The standard InChI is InChI=1S/C8H9BrN2.ClH/c1-6(10)11-8-5-3-2-4-7(8)9;/h2-5H,1H3,(H2,10,11);1H. The zero-order valence-electron chi connectivity index (χ0n) is 6.62. The van der Waals surface area contributed by atoms with Crippen molar-refractivity contribution in [3.8, 4) is 0 Å². The number of nitrogens with two attached hydrogens (primary N) is 1. The minimum atomic E-state index is 0. The summed E-state index contributed by atoms with van der Waals surface area (Å²) in [5, 5.41) is 0. The lowest BCUT2D eigenvalue weighted by Crippen LogP contribution is -2.03. The fraction of sp³-hybridized carbons (Fsp3) is 0.125. The van der Waals surface area contributed by atoms with Crippen LogP contribution in [-0.4, -0.2) is 5.84 Å². The first kappa shape index (κ1) is 11.5. The third kappa shape index (κ3) is 3.24. The van der Waals surface area contributed by atoms with E-state index >= 15 is 0 Å². The maximum atomic E-state index is 5.42. The molecule has 0 fully saturated rings. The summed E-state index contributed by atoms with van der Waals surface area (Å²) in [6.07, 6.45) is 0. The summed E-state index contributed by atoms with van der Waals surface area (Å²) in [6, 6.07) is 7.70. The van der Waals surface area contributed by atoms with Gasteiger partial charge in [0, 0.05) is 4.47 Å². The average Bonchev–Trinajstić information content (AvgIpc) is 1.93. The molecule has 1 aromatic carbocycles. The highest BCUT2D eigenvalue weighted by atomic mass is 79.9. The highest BCUT2D eigenvalue weighted by molar-refractivity contribution is 9.10. The number of halogens is 2. The van der Waals surface area contributed by atoms with Gasteiger partial charge in [0.2, 0.25) is 0 Å². The topological polar surface area (TPSA) is 38.4 Å². The van der Waals surface area contributed by atoms with Gasteiger partial charge < -0.3 is 5.73 Å². The third-order valence-corrected chi connectivity index (χ3v) is 1.82. The summed E-state index contributed by atoms with van der Waals surface area (Å²) in [5.41, 5.74) is 6.29. The van der Waals surface area contributed by atoms with E-state index < -0.39 is 0 Å². The van der Waals surface area contributed by atoms with Crippen LogP contribution in [0.3, 0.4) is 0 Å². The van der Waals surface area contributed by atoms with Gasteiger partial charge in [0.25, 0.3) is 0 Å². The van der Waals surface area contributed by atoms with E-state index in [0.29, 0.717) is 5.84 Å². The smallest absolute Gasteiger partial charge is 0.0965 e. The molecule has 2 N–H and O–H groups in total. The molecule has 0 atom stereocenters. The summed E-state index contributed by atoms with van der Waals surface area (Å²) in [6.45, 7) is 1.76. The average molecular weight is 250 g/mol. The van der Waals surface area contributed by atoms with E-state index in [1.165, 1.54) is 0 Å². The molecule has 66 valence electrons. The Hall–Kier alpha value is -0.540. The largest absolute Gasteiger partial charge is 0.387 e. The zero-order chi connectivity index (χ0) is 8.27. The summed E-state index contributed by atoms with van der Waals surface area (Å²) >= 11 is 3.36. The molecule has 0 spiro atoms. The molecule has 2 nitrogen and oxygen atoms in total. The molecule has 4 heteroatoms. The SMILES string of the molecule is CC(N)=Nc1ccccc1Br.Cl. The van der Waals surface area contributed by atoms with Crippen LogP contribution < -0.4 is 5.73 Å². The maximum Gasteiger partial charge on any atom is 0.0965 e. The van der Waals surface area contributed by atoms with Gasteiger partial charge in [-0.05, 0) is 35.0 Å². The van der Waals surface area contributed by atoms with Gasteiger partial charge in [0.05, 0.1) is 11.5 Å². The molecule has 0 bridgehead atoms. The van der Waals surface area contributed by atoms with Crippen molar-refractivity contribution in [2.24, 2.45) is 10.7 Å². The van der Waals surface area contributed by atoms with E-state index in [9.17, 15) is 0 Å². The number of hydrogen-bond acceptors (Lipinski definition) is 1. The Kier molecular flexibility index (Phi) is 4.93. The van der Waals surface area contributed by atoms with Crippen molar-refractivity contribution < 1.29 is 0 Å². The molecule has 0 radical (unpaired) electrons. The van der Waals surface area contributed by atoms with E-state index in [1.54, 1.807) is 6.92 Å². The second kappa shape index (κ2) is 5.17. The molecule has 0 saturated heterocycles. The molecule has 0 saturated carbocycles. The van der Waals surface area contributed by atoms with Crippen molar-refractivity contribution in [1.82, 2.24) is 0 Å². The quantitative estimate of drug-likeness (QED) is 0.603. The lowest BCUT2D eigenvalue weighted by atomic mass is 10.3. The van der Waals surface area contributed by atoms with Gasteiger partial charge in [-0.2, -0.15) is 0 Å². The van der Waals surface area contributed by atoms with E-state index in [0.717, 1.165) is 10.2 Å². The minimum Gasteiger partial charge on any atom is -0.387 e. The monoisotopic (exact) mass is 248 g/mol. The van der Waals surface area contributed by atoms with Crippen molar-refractivity contribution in [1.29, 1.82) is 0 Å². The predicted molar refractivity (Wildman–Crippen MR) is 58.3 cm³/mol. The zero-order valence-corrected chi connectivity index (χ0v) is 9.02. The van der Waals surface area contributed by atoms with Gasteiger partial charge in [0.15, 0.2) is 0 Å². The Labute approximate surface area is 86.4 Å². The van der Waals surface area contributed by atoms with Gasteiger partial charge in [0.1, 0.15) is 0 Å². The molecule has 0 aliphatic rings. The highest BCUT2D eigenvalue weighted by Gasteiger charge is 1.93. The molecule has 1 rings (SSSR count). The summed E-state index contributed by atoms with van der Waals surface area (Å²) < 4.78 is 0.963. The van der Waals surface area contributed by atoms with Crippen LogP contribution in [-0.2, 0) is 0 Å². The second-order valence-corrected chi connectivity index (χ2v) is 3.06. The highest BCUT2D eigenvalue weighted by Crippen LogP contribution is 2.23. The molecular weight excluding hydrogens is 239 g/mol. The van der Waals surface area contributed by atoms with Crippen LogP contribution in [0, 0.1) is 0 Å². The Morgan fingerprint density at radius 2 is 2.00 bits per heavy atom. The van der Waals surface area contributed by atoms with Gasteiger partial charge in [-0.1, -0.05) is 12.1 Å². The first-order chi connectivity index (χ1) is 5.20. The van der Waals surface area contributed by atoms with Crippen LogP contribution >= 0.6 is 28.3 Å². The van der Waals surface area contributed by atoms with E-state index in [-0.39, 0.29) is 12.4 Å². The Balaban J connectivity index is 0.00000121. The van der Waals surface area contributed by atoms with Crippen LogP contribution in [0.4, 0.5) is 5.69 Å². The Morgan fingerprint density at radius 3 is 2.50 bits per heavy atom. The Morgan fingerprint density at radius 1 is 1.42 bits per heavy atom. The van der Waals surface area contributed by atoms with Gasteiger partial charge in [-0.25, -0.2) is 4.99 Å². The summed E-state index contributed by atoms with van der Waals surface area (Å²) in [5.74, 6) is 0.567. The Bertz CT molecular complexity index is 282. The number of nitrogens with zero attached hydrogens (tertiary/aromatic N) is 1. The molecule has 1 aromatic rings. The van der Waals surface area contributed by atoms with E-state index in [4.69, 9.17) is 5.73 Å². The van der Waals surface area contributed by atoms with Crippen LogP contribution in [0.5, 0.6) is 0 Å². The minimum absolute atomic E-state index is 0. The van der Waals surface area contributed by atoms with Crippen molar-refractivity contribution in [2.75, 3.05) is 0 Å². The molecule has 0 aliphatic heterocycles. The van der Waals surface area contributed by atoms with Gasteiger partial charge in [-0.3, -0.25) is 0 Å². The molecular formula is C8H10BrClN2. The first-order valence-electron chi connectivity index (χ1n) is 3.25. The normalized spacial score (nSPS) is 10.7. The molecule has 0 unspecified atom stereocenters. The van der Waals surface area contributed by atoms with Crippen LogP contribution in [0.25, 0.3) is 0 Å². The lowest BCUT2D eigenvalue weighted by Gasteiger charge is -1.96.